The number of carbonyl (C=O) groups is 12. The molecule has 10 amide bonds. The van der Waals surface area contributed by atoms with Gasteiger partial charge in [-0.15, -0.1) is 0 Å². The third-order valence-corrected chi connectivity index (χ3v) is 21.8. The normalized spacial score (nSPS) is 12.7. The molecule has 28 nitrogen and oxygen atoms in total. The molecule has 28 heteroatoms. The third-order valence-electron chi connectivity index (χ3n) is 21.8. The highest BCUT2D eigenvalue weighted by atomic mass is 16.5. The molecule has 10 aromatic carbocycles. The molecule has 2 saturated carbocycles. The maximum Gasteiger partial charge on any atom is 0.330 e. The van der Waals surface area contributed by atoms with Crippen LogP contribution in [0.15, 0.2) is 303 Å². The molecule has 0 radical (unpaired) electrons. The molecule has 0 aromatic heterocycles. The van der Waals surface area contributed by atoms with Crippen molar-refractivity contribution in [1.29, 1.82) is 0 Å². The number of carbonyl (C=O) groups excluding carboxylic acids is 12. The van der Waals surface area contributed by atoms with Crippen molar-refractivity contribution in [2.24, 2.45) is 11.8 Å². The zero-order chi connectivity index (χ0) is 101. The molecular weight excluding hydrogens is 1790 g/mol. The lowest BCUT2D eigenvalue weighted by atomic mass is 10.1. The van der Waals surface area contributed by atoms with Crippen molar-refractivity contribution in [1.82, 2.24) is 64.1 Å². The zero-order valence-corrected chi connectivity index (χ0v) is 79.3. The average Bonchev–Trinajstić information content (AvgIpc) is 1.65. The summed E-state index contributed by atoms with van der Waals surface area (Å²) in [6.45, 7) is 3.53. The predicted octanol–water partition coefficient (Wildman–Crippen LogP) is 12.3. The maximum absolute atomic E-state index is 12.7. The van der Waals surface area contributed by atoms with E-state index in [4.69, 9.17) is 19.9 Å². The van der Waals surface area contributed by atoms with Crippen LogP contribution in [-0.4, -0.2) is 159 Å². The molecule has 0 saturated heterocycles. The Morgan fingerprint density at radius 3 is 0.789 bits per heavy atom. The second kappa shape index (κ2) is 61.2. The lowest BCUT2D eigenvalue weighted by Crippen LogP contribution is -2.52. The molecule has 0 aliphatic heterocycles. The number of benzene rings is 10. The largest absolute Gasteiger partial charge is 0.467 e. The second-order valence-corrected chi connectivity index (χ2v) is 32.7. The average molecular weight is 1910 g/mol. The van der Waals surface area contributed by atoms with E-state index in [9.17, 15) is 57.5 Å². The van der Waals surface area contributed by atoms with Gasteiger partial charge in [-0.2, -0.15) is 0 Å². The van der Waals surface area contributed by atoms with Crippen LogP contribution < -0.4 is 64.1 Å². The van der Waals surface area contributed by atoms with E-state index in [1.807, 2.05) is 220 Å². The number of esters is 2. The van der Waals surface area contributed by atoms with Crippen LogP contribution in [-0.2, 0) is 47.8 Å². The van der Waals surface area contributed by atoms with E-state index in [-0.39, 0.29) is 75.0 Å². The molecule has 14 N–H and O–H groups in total. The zero-order valence-electron chi connectivity index (χ0n) is 79.3. The summed E-state index contributed by atoms with van der Waals surface area (Å²) in [7, 11) is 2.47. The van der Waals surface area contributed by atoms with Gasteiger partial charge in [0.2, 0.25) is 23.6 Å². The van der Waals surface area contributed by atoms with Gasteiger partial charge in [0.15, 0.2) is 0 Å². The van der Waals surface area contributed by atoms with Crippen molar-refractivity contribution in [2.45, 2.75) is 101 Å². The van der Waals surface area contributed by atoms with Crippen LogP contribution in [0.3, 0.4) is 0 Å². The summed E-state index contributed by atoms with van der Waals surface area (Å²) in [5, 5.41) is 45.2. The third kappa shape index (κ3) is 41.8. The summed E-state index contributed by atoms with van der Waals surface area (Å²) < 4.78 is 9.56. The summed E-state index contributed by atoms with van der Waals surface area (Å²) in [4.78, 5) is 147. The van der Waals surface area contributed by atoms with E-state index in [2.05, 4.69) is 101 Å². The number of allylic oxidation sites excluding steroid dienone is 4. The first-order chi connectivity index (χ1) is 69.0. The number of rotatable bonds is 38. The minimum absolute atomic E-state index is 0.0144. The highest BCUT2D eigenvalue weighted by Crippen LogP contribution is 2.34. The Morgan fingerprint density at radius 2 is 0.549 bits per heavy atom. The van der Waals surface area contributed by atoms with E-state index >= 15 is 0 Å². The molecule has 10 aromatic rings. The summed E-state index contributed by atoms with van der Waals surface area (Å²) in [5.74, 6) is 19.3. The van der Waals surface area contributed by atoms with Crippen LogP contribution >= 0.6 is 0 Å². The standard InChI is InChI=1S/C31H31N3O4.C30H30N4O4.C27H28N2O4.C26H27N3O4/c1-23(26-15-7-4-8-16-26)32-22-29(35)33-21-28(31(37)38-2)34-30(36)27-19-17-25(18-20-27)14-10-9-13-24-11-5-3-6-12-24;1-22(25-14-6-3-7-15-25)31-21-28(35)32-20-27(30(37)34-38)33-29(36)26-18-16-24(17-19-26)13-9-8-12-23-10-4-2-5-11-23;1-33-27(32)24(19-28-25(30)18-15-22-11-12-22)29-26(31)23-16-13-21(14-17-23)10-6-5-9-20-7-3-2-4-8-20;30-24(17-14-21-10-11-21)27-18-23(26(32)29-33)28-25(31)22-15-12-20(13-16-22)9-5-4-8-19-6-2-1-3-7-19/h3-9,11-13,15-20,23,28,32H,21-22H2,1-2H3,(H,33,35)(H,34,36);2-8,10-12,14-19,22,27,31,38H,20-21H2,1H3,(H,32,35)(H,33,36)(H,34,37);2-5,7-9,13-14,16-17,22,24H,11-12,15,18-19H2,1H3,(H,28,30)(H,29,31);1-4,6-8,12-13,15-16,21,23,33H,10-11,14,17-18H2,(H,27,30)(H,28,31)(H,29,32)/b13-9+;12-8+;9-5+;8-4+/t23-,28-;22-,27-;24-;23-/m0000/s1. The Hall–Kier alpha value is -17.1. The lowest BCUT2D eigenvalue weighted by Gasteiger charge is -2.18. The van der Waals surface area contributed by atoms with E-state index in [1.54, 1.807) is 121 Å². The van der Waals surface area contributed by atoms with Crippen molar-refractivity contribution < 1.29 is 77.4 Å². The van der Waals surface area contributed by atoms with E-state index < -0.39 is 71.5 Å². The number of hydroxylamine groups is 2. The highest BCUT2D eigenvalue weighted by molar-refractivity contribution is 6.00. The Balaban J connectivity index is 0.000000212. The van der Waals surface area contributed by atoms with Gasteiger partial charge in [-0.3, -0.25) is 58.4 Å². The van der Waals surface area contributed by atoms with Crippen LogP contribution in [0.4, 0.5) is 0 Å². The van der Waals surface area contributed by atoms with Crippen LogP contribution in [0.1, 0.15) is 174 Å². The lowest BCUT2D eigenvalue weighted by molar-refractivity contribution is -0.143. The molecule has 0 heterocycles. The van der Waals surface area contributed by atoms with Crippen molar-refractivity contribution in [2.75, 3.05) is 53.5 Å². The molecule has 2 aliphatic carbocycles. The van der Waals surface area contributed by atoms with Gasteiger partial charge in [-0.1, -0.05) is 255 Å². The molecular formula is C114H116N12O16. The number of ether oxygens (including phenoxy) is 2. The quantitative estimate of drug-likeness (QED) is 0.00740. The number of amides is 10. The SMILES string of the molecule is COC(=O)[C@H](CNC(=O)CCC1CC1)NC(=O)c1ccc(C#C/C=C/c2ccccc2)cc1.COC(=O)[C@H](CNC(=O)CN[C@@H](C)c1ccccc1)NC(=O)c1ccc(C#C/C=C/c2ccccc2)cc1.C[C@H](NCC(=O)NC[C@H](NC(=O)c1ccc(C#C/C=C/c2ccccc2)cc1)C(=O)NO)c1ccccc1.O=C(CCC1CC1)NC[C@H](NC(=O)c1ccc(C#C/C=C/c2ccccc2)cc1)C(=O)NO. The molecule has 0 spiro atoms. The van der Waals surface area contributed by atoms with E-state index in [0.717, 1.165) is 75.8 Å². The van der Waals surface area contributed by atoms with Crippen molar-refractivity contribution in [3.8, 4) is 47.4 Å². The van der Waals surface area contributed by atoms with Gasteiger partial charge in [-0.25, -0.2) is 20.5 Å². The topological polar surface area (TPSA) is 408 Å². The first-order valence-electron chi connectivity index (χ1n) is 46.3. The van der Waals surface area contributed by atoms with Crippen LogP contribution in [0.5, 0.6) is 0 Å². The first-order valence-corrected chi connectivity index (χ1v) is 46.3. The van der Waals surface area contributed by atoms with E-state index in [1.165, 1.54) is 38.0 Å². The smallest absolute Gasteiger partial charge is 0.330 e. The Morgan fingerprint density at radius 1 is 0.317 bits per heavy atom. The molecule has 0 bridgehead atoms. The summed E-state index contributed by atoms with van der Waals surface area (Å²) in [5.41, 5.74) is 13.7. The van der Waals surface area contributed by atoms with Crippen molar-refractivity contribution in [3.63, 3.8) is 0 Å². The minimum Gasteiger partial charge on any atom is -0.467 e. The fourth-order valence-corrected chi connectivity index (χ4v) is 13.2. The first kappa shape index (κ1) is 109. The molecule has 2 aliphatic rings. The summed E-state index contributed by atoms with van der Waals surface area (Å²) in [6.07, 6.45) is 21.9. The van der Waals surface area contributed by atoms with Crippen LogP contribution in [0, 0.1) is 59.2 Å². The van der Waals surface area contributed by atoms with Gasteiger partial charge in [0.25, 0.3) is 35.4 Å². The molecule has 728 valence electrons. The number of methoxy groups -OCH3 is 2. The molecule has 0 unspecified atom stereocenters. The number of hydrogen-bond acceptors (Lipinski definition) is 18. The Bertz CT molecular complexity index is 5820. The van der Waals surface area contributed by atoms with Crippen molar-refractivity contribution >= 4 is 95.3 Å². The maximum atomic E-state index is 12.7. The second-order valence-electron chi connectivity index (χ2n) is 32.7. The highest BCUT2D eigenvalue weighted by Gasteiger charge is 2.29. The summed E-state index contributed by atoms with van der Waals surface area (Å²) in [6, 6.07) is 81.0. The van der Waals surface area contributed by atoms with Gasteiger partial charge >= 0.3 is 11.9 Å². The van der Waals surface area contributed by atoms with Crippen molar-refractivity contribution in [3.05, 3.63) is 381 Å². The number of nitrogens with one attached hydrogen (secondary N) is 12. The van der Waals surface area contributed by atoms with Gasteiger partial charge in [0.1, 0.15) is 24.2 Å². The fourth-order valence-electron chi connectivity index (χ4n) is 13.2. The number of hydrogen-bond donors (Lipinski definition) is 14. The summed E-state index contributed by atoms with van der Waals surface area (Å²) >= 11 is 0. The van der Waals surface area contributed by atoms with Gasteiger partial charge in [0.05, 0.1) is 27.3 Å². The monoisotopic (exact) mass is 1910 g/mol. The molecule has 2 fully saturated rings. The molecule has 142 heavy (non-hydrogen) atoms. The fraction of sp³-hybridized carbons (Fsp3) is 0.228. The van der Waals surface area contributed by atoms with Gasteiger partial charge < -0.3 is 62.6 Å². The van der Waals surface area contributed by atoms with Crippen LogP contribution in [0.2, 0.25) is 0 Å². The van der Waals surface area contributed by atoms with E-state index in [0.29, 0.717) is 52.5 Å². The van der Waals surface area contributed by atoms with Crippen LogP contribution in [0.25, 0.3) is 24.3 Å². The predicted molar refractivity (Wildman–Crippen MR) is 546 cm³/mol. The molecule has 12 rings (SSSR count). The Labute approximate surface area is 827 Å². The van der Waals surface area contributed by atoms with Gasteiger partial charge in [0, 0.05) is 95.6 Å². The van der Waals surface area contributed by atoms with Gasteiger partial charge in [-0.05, 0) is 218 Å². The molecule has 6 atom stereocenters. The minimum atomic E-state index is -1.18. The Kier molecular flexibility index (Phi) is 46.7.